The Balaban J connectivity index is 1.97. The van der Waals surface area contributed by atoms with Crippen LogP contribution in [-0.2, 0) is 11.2 Å². The van der Waals surface area contributed by atoms with Gasteiger partial charge >= 0.3 is 0 Å². The highest BCUT2D eigenvalue weighted by molar-refractivity contribution is 5.80. The van der Waals surface area contributed by atoms with E-state index in [1.807, 2.05) is 6.07 Å². The van der Waals surface area contributed by atoms with Crippen molar-refractivity contribution < 1.29 is 9.53 Å². The monoisotopic (exact) mass is 230 g/mol. The second kappa shape index (κ2) is 4.17. The van der Waals surface area contributed by atoms with Gasteiger partial charge in [-0.3, -0.25) is 4.79 Å². The van der Waals surface area contributed by atoms with Crippen molar-refractivity contribution in [3.63, 3.8) is 0 Å². The standard InChI is InChI=1S/C15H18O2/c1-17-13-6-7-14-11(8-13)3-2-10-4-5-12(16)9-15(10)14/h6-8,10,15H,2-5,9H2,1H3/t10-,15-/m1/s1. The maximum Gasteiger partial charge on any atom is 0.133 e. The molecule has 0 radical (unpaired) electrons. The van der Waals surface area contributed by atoms with Gasteiger partial charge in [-0.1, -0.05) is 6.07 Å². The van der Waals surface area contributed by atoms with E-state index >= 15 is 0 Å². The highest BCUT2D eigenvalue weighted by atomic mass is 16.5. The summed E-state index contributed by atoms with van der Waals surface area (Å²) >= 11 is 0. The van der Waals surface area contributed by atoms with E-state index in [1.165, 1.54) is 17.5 Å². The molecule has 0 heterocycles. The topological polar surface area (TPSA) is 26.3 Å². The van der Waals surface area contributed by atoms with Crippen molar-refractivity contribution in [1.29, 1.82) is 0 Å². The Labute approximate surface area is 102 Å². The number of aryl methyl sites for hydroxylation is 1. The maximum atomic E-state index is 11.6. The van der Waals surface area contributed by atoms with Crippen LogP contribution >= 0.6 is 0 Å². The van der Waals surface area contributed by atoms with Gasteiger partial charge in [-0.15, -0.1) is 0 Å². The van der Waals surface area contributed by atoms with Crippen molar-refractivity contribution >= 4 is 5.78 Å². The molecule has 1 fully saturated rings. The van der Waals surface area contributed by atoms with E-state index in [9.17, 15) is 4.79 Å². The number of rotatable bonds is 1. The molecular formula is C15H18O2. The minimum Gasteiger partial charge on any atom is -0.497 e. The lowest BCUT2D eigenvalue weighted by Gasteiger charge is -2.36. The Kier molecular flexibility index (Phi) is 2.65. The number of Topliss-reactive ketones (excluding diaryl/α,β-unsaturated/α-hetero) is 1. The molecule has 0 unspecified atom stereocenters. The molecule has 0 bridgehead atoms. The number of ether oxygens (including phenoxy) is 1. The van der Waals surface area contributed by atoms with Gasteiger partial charge in [0.2, 0.25) is 0 Å². The fourth-order valence-corrected chi connectivity index (χ4v) is 3.40. The van der Waals surface area contributed by atoms with Crippen molar-refractivity contribution in [2.75, 3.05) is 7.11 Å². The van der Waals surface area contributed by atoms with Crippen LogP contribution in [0.1, 0.15) is 42.7 Å². The smallest absolute Gasteiger partial charge is 0.133 e. The molecule has 1 aromatic rings. The van der Waals surface area contributed by atoms with Gasteiger partial charge in [-0.25, -0.2) is 0 Å². The van der Waals surface area contributed by atoms with Crippen molar-refractivity contribution in [1.82, 2.24) is 0 Å². The molecule has 90 valence electrons. The summed E-state index contributed by atoms with van der Waals surface area (Å²) in [7, 11) is 1.71. The van der Waals surface area contributed by atoms with Crippen molar-refractivity contribution in [2.45, 2.75) is 38.0 Å². The van der Waals surface area contributed by atoms with Crippen LogP contribution in [0.4, 0.5) is 0 Å². The summed E-state index contributed by atoms with van der Waals surface area (Å²) < 4.78 is 5.27. The molecular weight excluding hydrogens is 212 g/mol. The Hall–Kier alpha value is -1.31. The molecule has 0 spiro atoms. The molecule has 17 heavy (non-hydrogen) atoms. The number of benzene rings is 1. The number of fused-ring (bicyclic) bond motifs is 3. The number of methoxy groups -OCH3 is 1. The highest BCUT2D eigenvalue weighted by Crippen LogP contribution is 2.44. The van der Waals surface area contributed by atoms with Crippen molar-refractivity contribution in [3.8, 4) is 5.75 Å². The molecule has 1 aromatic carbocycles. The fraction of sp³-hybridized carbons (Fsp3) is 0.533. The second-order valence-corrected chi connectivity index (χ2v) is 5.25. The first-order valence-corrected chi connectivity index (χ1v) is 6.46. The predicted octanol–water partition coefficient (Wildman–Crippen LogP) is 3.09. The van der Waals surface area contributed by atoms with Gasteiger partial charge in [0, 0.05) is 12.8 Å². The summed E-state index contributed by atoms with van der Waals surface area (Å²) in [4.78, 5) is 11.6. The van der Waals surface area contributed by atoms with Gasteiger partial charge in [-0.2, -0.15) is 0 Å². The van der Waals surface area contributed by atoms with Crippen LogP contribution in [0.25, 0.3) is 0 Å². The number of carbonyl (C=O) groups is 1. The van der Waals surface area contributed by atoms with E-state index in [4.69, 9.17) is 4.74 Å². The van der Waals surface area contributed by atoms with Crippen LogP contribution in [0.3, 0.4) is 0 Å². The molecule has 2 atom stereocenters. The van der Waals surface area contributed by atoms with Crippen LogP contribution < -0.4 is 4.74 Å². The average Bonchev–Trinajstić information content (AvgIpc) is 2.37. The van der Waals surface area contributed by atoms with Crippen molar-refractivity contribution in [3.05, 3.63) is 29.3 Å². The summed E-state index contributed by atoms with van der Waals surface area (Å²) in [6.45, 7) is 0. The molecule has 2 aliphatic carbocycles. The number of carbonyl (C=O) groups excluding carboxylic acids is 1. The first-order chi connectivity index (χ1) is 8.28. The van der Waals surface area contributed by atoms with Gasteiger partial charge in [0.1, 0.15) is 11.5 Å². The van der Waals surface area contributed by atoms with E-state index in [0.717, 1.165) is 37.4 Å². The van der Waals surface area contributed by atoms with Gasteiger partial charge in [-0.05, 0) is 54.4 Å². The summed E-state index contributed by atoms with van der Waals surface area (Å²) in [6.07, 6.45) is 5.02. The first kappa shape index (κ1) is 10.8. The van der Waals surface area contributed by atoms with Crippen molar-refractivity contribution in [2.24, 2.45) is 5.92 Å². The number of hydrogen-bond acceptors (Lipinski definition) is 2. The summed E-state index contributed by atoms with van der Waals surface area (Å²) in [5, 5.41) is 0. The summed E-state index contributed by atoms with van der Waals surface area (Å²) in [5.41, 5.74) is 2.79. The normalized spacial score (nSPS) is 27.2. The predicted molar refractivity (Wildman–Crippen MR) is 66.4 cm³/mol. The zero-order valence-corrected chi connectivity index (χ0v) is 10.2. The molecule has 0 saturated heterocycles. The first-order valence-electron chi connectivity index (χ1n) is 6.46. The lowest BCUT2D eigenvalue weighted by atomic mass is 9.68. The Bertz CT molecular complexity index is 450. The molecule has 0 N–H and O–H groups in total. The quantitative estimate of drug-likeness (QED) is 0.741. The highest BCUT2D eigenvalue weighted by Gasteiger charge is 2.34. The van der Waals surface area contributed by atoms with Crippen LogP contribution in [0.15, 0.2) is 18.2 Å². The zero-order valence-electron chi connectivity index (χ0n) is 10.2. The zero-order chi connectivity index (χ0) is 11.8. The van der Waals surface area contributed by atoms with Gasteiger partial charge in [0.05, 0.1) is 7.11 Å². The van der Waals surface area contributed by atoms with E-state index in [0.29, 0.717) is 11.7 Å². The van der Waals surface area contributed by atoms with Gasteiger partial charge < -0.3 is 4.74 Å². The van der Waals surface area contributed by atoms with E-state index < -0.39 is 0 Å². The van der Waals surface area contributed by atoms with Crippen LogP contribution in [0.5, 0.6) is 5.75 Å². The van der Waals surface area contributed by atoms with E-state index in [-0.39, 0.29) is 0 Å². The molecule has 3 rings (SSSR count). The van der Waals surface area contributed by atoms with Crippen LogP contribution in [0.2, 0.25) is 0 Å². The maximum absolute atomic E-state index is 11.6. The second-order valence-electron chi connectivity index (χ2n) is 5.25. The minimum atomic E-state index is 0.440. The molecule has 0 aromatic heterocycles. The SMILES string of the molecule is COc1ccc2c(c1)CC[C@@H]1CCC(=O)C[C@@H]21. The molecule has 2 heteroatoms. The molecule has 0 aliphatic heterocycles. The third-order valence-corrected chi connectivity index (χ3v) is 4.34. The van der Waals surface area contributed by atoms with Crippen LogP contribution in [-0.4, -0.2) is 12.9 Å². The third-order valence-electron chi connectivity index (χ3n) is 4.34. The Morgan fingerprint density at radius 2 is 2.06 bits per heavy atom. The summed E-state index contributed by atoms with van der Waals surface area (Å²) in [5.74, 6) is 2.58. The van der Waals surface area contributed by atoms with Gasteiger partial charge in [0.25, 0.3) is 0 Å². The minimum absolute atomic E-state index is 0.440. The molecule has 1 saturated carbocycles. The molecule has 0 amide bonds. The number of ketones is 1. The Morgan fingerprint density at radius 1 is 1.24 bits per heavy atom. The lowest BCUT2D eigenvalue weighted by Crippen LogP contribution is -2.27. The largest absolute Gasteiger partial charge is 0.497 e. The lowest BCUT2D eigenvalue weighted by molar-refractivity contribution is -0.121. The average molecular weight is 230 g/mol. The van der Waals surface area contributed by atoms with E-state index in [1.54, 1.807) is 7.11 Å². The number of hydrogen-bond donors (Lipinski definition) is 0. The Morgan fingerprint density at radius 3 is 2.88 bits per heavy atom. The van der Waals surface area contributed by atoms with Crippen LogP contribution in [0, 0.1) is 5.92 Å². The summed E-state index contributed by atoms with van der Waals surface area (Å²) in [6, 6.07) is 6.34. The fourth-order valence-electron chi connectivity index (χ4n) is 3.40. The third kappa shape index (κ3) is 1.86. The molecule has 2 nitrogen and oxygen atoms in total. The molecule has 2 aliphatic rings. The van der Waals surface area contributed by atoms with Gasteiger partial charge in [0.15, 0.2) is 0 Å². The van der Waals surface area contributed by atoms with E-state index in [2.05, 4.69) is 12.1 Å².